The molecule has 32 valence electrons. The van der Waals surface area contributed by atoms with Gasteiger partial charge in [-0.1, -0.05) is 0 Å². The van der Waals surface area contributed by atoms with Crippen molar-refractivity contribution in [2.75, 3.05) is 14.2 Å². The average molecular weight is 74.9 g/mol. The molecule has 0 heterocycles. The van der Waals surface area contributed by atoms with Crippen LogP contribution in [0.4, 0.5) is 0 Å². The van der Waals surface area contributed by atoms with E-state index in [1.807, 2.05) is 0 Å². The van der Waals surface area contributed by atoms with Gasteiger partial charge < -0.3 is 9.31 Å². The van der Waals surface area contributed by atoms with Crippen molar-refractivity contribution in [1.29, 1.82) is 0 Å². The standard InChI is InChI=1S/C2H8BO2/c1-4-3-5-2/h3H2,1-2H3/q-1. The summed E-state index contributed by atoms with van der Waals surface area (Å²) in [6.07, 6.45) is 0. The van der Waals surface area contributed by atoms with Crippen molar-refractivity contribution < 1.29 is 9.31 Å². The molecule has 0 aromatic heterocycles. The van der Waals surface area contributed by atoms with Gasteiger partial charge in [0.15, 0.2) is 0 Å². The molecule has 0 aromatic carbocycles. The lowest BCUT2D eigenvalue weighted by atomic mass is 10.4. The Hall–Kier alpha value is -0.0151. The largest absolute Gasteiger partial charge is 0.575 e. The van der Waals surface area contributed by atoms with Crippen LogP contribution in [0.2, 0.25) is 0 Å². The van der Waals surface area contributed by atoms with Gasteiger partial charge in [0.05, 0.1) is 0 Å². The Morgan fingerprint density at radius 1 is 1.20 bits per heavy atom. The Morgan fingerprint density at radius 2 is 1.60 bits per heavy atom. The van der Waals surface area contributed by atoms with Gasteiger partial charge in [-0.15, -0.1) is 0 Å². The number of rotatable bonds is 2. The highest BCUT2D eigenvalue weighted by Crippen LogP contribution is 1.55. The van der Waals surface area contributed by atoms with E-state index in [9.17, 15) is 0 Å². The SMILES string of the molecule is CO[BH2-]OC. The number of hydrogen-bond acceptors (Lipinski definition) is 2. The Bertz CT molecular complexity index is 15.1. The molecular formula is C2H8BO2-. The summed E-state index contributed by atoms with van der Waals surface area (Å²) in [6.45, 7) is 0. The summed E-state index contributed by atoms with van der Waals surface area (Å²) in [5.74, 6) is 0. The quantitative estimate of drug-likeness (QED) is 0.403. The molecule has 0 amide bonds. The van der Waals surface area contributed by atoms with Crippen LogP contribution in [-0.4, -0.2) is 21.9 Å². The molecule has 0 radical (unpaired) electrons. The van der Waals surface area contributed by atoms with E-state index in [1.165, 1.54) is 0 Å². The lowest BCUT2D eigenvalue weighted by Crippen LogP contribution is -1.93. The molecule has 0 saturated carbocycles. The van der Waals surface area contributed by atoms with Gasteiger partial charge in [0.25, 0.3) is 0 Å². The van der Waals surface area contributed by atoms with Crippen LogP contribution >= 0.6 is 0 Å². The van der Waals surface area contributed by atoms with Crippen molar-refractivity contribution in [2.24, 2.45) is 0 Å². The fraction of sp³-hybridized carbons (Fsp3) is 1.00. The third-order valence-electron chi connectivity index (χ3n) is 0.333. The van der Waals surface area contributed by atoms with Gasteiger partial charge in [0, 0.05) is 0 Å². The van der Waals surface area contributed by atoms with Crippen LogP contribution < -0.4 is 0 Å². The first-order valence-corrected chi connectivity index (χ1v) is 1.63. The molecule has 3 heteroatoms. The van der Waals surface area contributed by atoms with E-state index in [1.54, 1.807) is 14.2 Å². The van der Waals surface area contributed by atoms with Crippen LogP contribution in [0.3, 0.4) is 0 Å². The molecule has 0 aliphatic rings. The third kappa shape index (κ3) is 3.98. The Labute approximate surface area is 32.4 Å². The van der Waals surface area contributed by atoms with Crippen LogP contribution in [0.15, 0.2) is 0 Å². The maximum atomic E-state index is 4.59. The molecule has 0 atom stereocenters. The topological polar surface area (TPSA) is 18.5 Å². The monoisotopic (exact) mass is 75.1 g/mol. The molecule has 2 nitrogen and oxygen atoms in total. The number of hydrogen-bond donors (Lipinski definition) is 0. The minimum atomic E-state index is -0.472. The molecular weight excluding hydrogens is 66.8 g/mol. The summed E-state index contributed by atoms with van der Waals surface area (Å²) in [4.78, 5) is 0. The fourth-order valence-electron chi connectivity index (χ4n) is 0.167. The first-order valence-electron chi connectivity index (χ1n) is 1.63. The molecule has 0 unspecified atom stereocenters. The predicted molar refractivity (Wildman–Crippen MR) is 22.6 cm³/mol. The summed E-state index contributed by atoms with van der Waals surface area (Å²) >= 11 is 0. The first kappa shape index (κ1) is 4.98. The van der Waals surface area contributed by atoms with E-state index >= 15 is 0 Å². The Morgan fingerprint density at radius 3 is 1.60 bits per heavy atom. The van der Waals surface area contributed by atoms with Crippen molar-refractivity contribution in [1.82, 2.24) is 0 Å². The van der Waals surface area contributed by atoms with E-state index < -0.39 is 7.69 Å². The normalized spacial score (nSPS) is 8.40. The summed E-state index contributed by atoms with van der Waals surface area (Å²) in [7, 11) is 2.81. The molecule has 0 aliphatic carbocycles. The minimum Gasteiger partial charge on any atom is -0.575 e. The lowest BCUT2D eigenvalue weighted by molar-refractivity contribution is 0.309. The minimum absolute atomic E-state index is 0.472. The van der Waals surface area contributed by atoms with Crippen molar-refractivity contribution in [2.45, 2.75) is 0 Å². The van der Waals surface area contributed by atoms with E-state index in [2.05, 4.69) is 9.31 Å². The fourth-order valence-corrected chi connectivity index (χ4v) is 0.167. The summed E-state index contributed by atoms with van der Waals surface area (Å²) in [6, 6.07) is 0. The molecule has 0 aliphatic heterocycles. The maximum absolute atomic E-state index is 4.59. The predicted octanol–water partition coefficient (Wildman–Crippen LogP) is -0.722. The van der Waals surface area contributed by atoms with Gasteiger partial charge in [-0.05, 0) is 14.2 Å². The van der Waals surface area contributed by atoms with Gasteiger partial charge in [0.1, 0.15) is 0 Å². The van der Waals surface area contributed by atoms with Crippen LogP contribution in [-0.2, 0) is 9.31 Å². The van der Waals surface area contributed by atoms with Crippen molar-refractivity contribution >= 4 is 7.69 Å². The molecule has 0 rings (SSSR count). The highest BCUT2D eigenvalue weighted by atomic mass is 16.6. The van der Waals surface area contributed by atoms with E-state index in [4.69, 9.17) is 0 Å². The van der Waals surface area contributed by atoms with Crippen LogP contribution in [0, 0.1) is 0 Å². The summed E-state index contributed by atoms with van der Waals surface area (Å²) in [5.41, 5.74) is 0. The van der Waals surface area contributed by atoms with Crippen LogP contribution in [0.5, 0.6) is 0 Å². The summed E-state index contributed by atoms with van der Waals surface area (Å²) in [5, 5.41) is 0. The van der Waals surface area contributed by atoms with Crippen molar-refractivity contribution in [3.05, 3.63) is 0 Å². The smallest absolute Gasteiger partial charge is 0.210 e. The van der Waals surface area contributed by atoms with Gasteiger partial charge in [-0.25, -0.2) is 0 Å². The van der Waals surface area contributed by atoms with Crippen molar-refractivity contribution in [3.63, 3.8) is 0 Å². The van der Waals surface area contributed by atoms with Gasteiger partial charge in [-0.2, -0.15) is 0 Å². The molecule has 0 spiro atoms. The van der Waals surface area contributed by atoms with Crippen LogP contribution in [0.1, 0.15) is 0 Å². The zero-order chi connectivity index (χ0) is 4.12. The van der Waals surface area contributed by atoms with E-state index in [0.717, 1.165) is 0 Å². The second kappa shape index (κ2) is 3.98. The second-order valence-electron chi connectivity index (χ2n) is 0.983. The zero-order valence-corrected chi connectivity index (χ0v) is 3.82. The third-order valence-corrected chi connectivity index (χ3v) is 0.333. The molecule has 0 fully saturated rings. The first-order chi connectivity index (χ1) is 2.41. The average Bonchev–Trinajstić information content (AvgIpc) is 1.41. The van der Waals surface area contributed by atoms with E-state index in [0.29, 0.717) is 0 Å². The maximum Gasteiger partial charge on any atom is 0.210 e. The molecule has 0 saturated heterocycles. The Balaban J connectivity index is 2.19. The second-order valence-corrected chi connectivity index (χ2v) is 0.983. The zero-order valence-electron chi connectivity index (χ0n) is 3.82. The van der Waals surface area contributed by atoms with Crippen molar-refractivity contribution in [3.8, 4) is 0 Å². The highest BCUT2D eigenvalue weighted by Gasteiger charge is 1.55. The lowest BCUT2D eigenvalue weighted by Gasteiger charge is -1.99. The summed E-state index contributed by atoms with van der Waals surface area (Å²) < 4.78 is 9.19. The van der Waals surface area contributed by atoms with E-state index in [-0.39, 0.29) is 0 Å². The van der Waals surface area contributed by atoms with Gasteiger partial charge >= 0.3 is 0 Å². The van der Waals surface area contributed by atoms with Gasteiger partial charge in [-0.3, -0.25) is 0 Å². The molecule has 0 N–H and O–H groups in total. The molecule has 5 heavy (non-hydrogen) atoms. The van der Waals surface area contributed by atoms with Crippen LogP contribution in [0.25, 0.3) is 0 Å². The molecule has 0 bridgehead atoms. The highest BCUT2D eigenvalue weighted by molar-refractivity contribution is 6.17. The van der Waals surface area contributed by atoms with Gasteiger partial charge in [0.2, 0.25) is 7.69 Å². The Kier molecular flexibility index (Phi) is 3.97. The molecule has 0 aromatic rings.